The molecule has 15 heavy (non-hydrogen) atoms. The molecule has 0 spiro atoms. The van der Waals surface area contributed by atoms with Crippen molar-refractivity contribution in [3.8, 4) is 0 Å². The number of hydrogen-bond acceptors (Lipinski definition) is 3. The fraction of sp³-hybridized carbons (Fsp3) is 1.00. The zero-order chi connectivity index (χ0) is 11.3. The smallest absolute Gasteiger partial charge is 0.282 e. The van der Waals surface area contributed by atoms with Crippen LogP contribution < -0.4 is 5.32 Å². The summed E-state index contributed by atoms with van der Waals surface area (Å²) in [6, 6.07) is 0.0844. The molecule has 5 heteroatoms. The van der Waals surface area contributed by atoms with Crippen LogP contribution in [0.1, 0.15) is 25.7 Å². The van der Waals surface area contributed by atoms with Gasteiger partial charge in [-0.2, -0.15) is 0 Å². The number of ether oxygens (including phenoxy) is 1. The van der Waals surface area contributed by atoms with Gasteiger partial charge in [0, 0.05) is 13.2 Å². The first-order chi connectivity index (χ1) is 7.07. The number of alkyl halides is 2. The lowest BCUT2D eigenvalue weighted by molar-refractivity contribution is -0.0517. The number of aliphatic hydroxyl groups is 1. The Morgan fingerprint density at radius 3 is 2.80 bits per heavy atom. The first kappa shape index (κ1) is 12.8. The van der Waals surface area contributed by atoms with E-state index < -0.39 is 19.1 Å². The number of aliphatic hydroxyl groups excluding tert-OH is 1. The Hall–Kier alpha value is -0.260. The summed E-state index contributed by atoms with van der Waals surface area (Å²) in [5, 5.41) is 11.2. The van der Waals surface area contributed by atoms with Crippen LogP contribution in [-0.4, -0.2) is 43.4 Å². The Balaban J connectivity index is 2.26. The molecule has 0 aromatic carbocycles. The minimum absolute atomic E-state index is 0.0844. The van der Waals surface area contributed by atoms with Gasteiger partial charge in [0.15, 0.2) is 0 Å². The molecule has 1 aliphatic carbocycles. The molecule has 0 saturated heterocycles. The Morgan fingerprint density at radius 1 is 1.47 bits per heavy atom. The summed E-state index contributed by atoms with van der Waals surface area (Å²) in [7, 11) is 1.65. The van der Waals surface area contributed by atoms with Crippen LogP contribution >= 0.6 is 0 Å². The molecule has 0 heterocycles. The average Bonchev–Trinajstić information content (AvgIpc) is 2.27. The van der Waals surface area contributed by atoms with Crippen LogP contribution in [0.2, 0.25) is 0 Å². The van der Waals surface area contributed by atoms with Gasteiger partial charge in [-0.1, -0.05) is 0 Å². The fourth-order valence-corrected chi connectivity index (χ4v) is 1.89. The summed E-state index contributed by atoms with van der Waals surface area (Å²) in [5.41, 5.74) is 0. The molecule has 2 unspecified atom stereocenters. The molecule has 0 aromatic rings. The van der Waals surface area contributed by atoms with E-state index in [2.05, 4.69) is 5.32 Å². The molecule has 0 aliphatic heterocycles. The van der Waals surface area contributed by atoms with Gasteiger partial charge >= 0.3 is 0 Å². The summed E-state index contributed by atoms with van der Waals surface area (Å²) >= 11 is 0. The van der Waals surface area contributed by atoms with Crippen molar-refractivity contribution < 1.29 is 18.6 Å². The highest BCUT2D eigenvalue weighted by atomic mass is 19.3. The van der Waals surface area contributed by atoms with Crippen molar-refractivity contribution in [2.45, 2.75) is 43.8 Å². The molecule has 0 bridgehead atoms. The van der Waals surface area contributed by atoms with E-state index in [0.717, 1.165) is 25.7 Å². The number of methoxy groups -OCH3 is 1. The number of nitrogens with one attached hydrogen (secondary N) is 1. The summed E-state index contributed by atoms with van der Waals surface area (Å²) in [5.74, 6) is -3.01. The Morgan fingerprint density at radius 2 is 2.20 bits per heavy atom. The molecule has 2 N–H and O–H groups in total. The predicted molar refractivity (Wildman–Crippen MR) is 53.1 cm³/mol. The van der Waals surface area contributed by atoms with Gasteiger partial charge in [0.25, 0.3) is 5.92 Å². The van der Waals surface area contributed by atoms with Gasteiger partial charge in [0.1, 0.15) is 6.61 Å². The monoisotopic (exact) mass is 223 g/mol. The average molecular weight is 223 g/mol. The molecule has 1 saturated carbocycles. The van der Waals surface area contributed by atoms with Gasteiger partial charge in [-0.25, -0.2) is 8.78 Å². The zero-order valence-electron chi connectivity index (χ0n) is 9.01. The highest BCUT2D eigenvalue weighted by Gasteiger charge is 2.30. The Labute approximate surface area is 88.8 Å². The van der Waals surface area contributed by atoms with Gasteiger partial charge in [-0.3, -0.25) is 0 Å². The summed E-state index contributed by atoms with van der Waals surface area (Å²) < 4.78 is 30.7. The number of rotatable bonds is 5. The van der Waals surface area contributed by atoms with Crippen LogP contribution in [-0.2, 0) is 4.74 Å². The van der Waals surface area contributed by atoms with E-state index in [1.54, 1.807) is 7.11 Å². The number of hydrogen-bond donors (Lipinski definition) is 2. The third kappa shape index (κ3) is 4.40. The molecule has 0 amide bonds. The highest BCUT2D eigenvalue weighted by Crippen LogP contribution is 2.21. The lowest BCUT2D eigenvalue weighted by atomic mass is 9.93. The Kier molecular flexibility index (Phi) is 4.89. The van der Waals surface area contributed by atoms with Crippen LogP contribution in [0.4, 0.5) is 8.78 Å². The van der Waals surface area contributed by atoms with Crippen LogP contribution in [0.3, 0.4) is 0 Å². The maximum atomic E-state index is 12.7. The van der Waals surface area contributed by atoms with E-state index in [0.29, 0.717) is 0 Å². The molecular weight excluding hydrogens is 204 g/mol. The molecule has 3 nitrogen and oxygen atoms in total. The topological polar surface area (TPSA) is 41.5 Å². The van der Waals surface area contributed by atoms with Gasteiger partial charge in [-0.05, 0) is 25.7 Å². The van der Waals surface area contributed by atoms with Crippen LogP contribution in [0.25, 0.3) is 0 Å². The van der Waals surface area contributed by atoms with Crippen molar-refractivity contribution in [2.75, 3.05) is 20.3 Å². The van der Waals surface area contributed by atoms with Crippen LogP contribution in [0, 0.1) is 0 Å². The maximum Gasteiger partial charge on any atom is 0.282 e. The molecule has 0 radical (unpaired) electrons. The minimum atomic E-state index is -3.01. The Bertz CT molecular complexity index is 190. The first-order valence-corrected chi connectivity index (χ1v) is 5.32. The van der Waals surface area contributed by atoms with Crippen molar-refractivity contribution >= 4 is 0 Å². The SMILES string of the molecule is COC1CCCC(NCC(F)(F)CO)C1. The molecule has 90 valence electrons. The zero-order valence-corrected chi connectivity index (χ0v) is 9.01. The molecule has 2 atom stereocenters. The van der Waals surface area contributed by atoms with Crippen LogP contribution in [0.15, 0.2) is 0 Å². The third-order valence-corrected chi connectivity index (χ3v) is 2.84. The lowest BCUT2D eigenvalue weighted by Crippen LogP contribution is -2.44. The summed E-state index contributed by atoms with van der Waals surface area (Å²) in [6.45, 7) is -1.55. The van der Waals surface area contributed by atoms with E-state index in [1.807, 2.05) is 0 Å². The second-order valence-electron chi connectivity index (χ2n) is 4.12. The largest absolute Gasteiger partial charge is 0.390 e. The van der Waals surface area contributed by atoms with E-state index in [4.69, 9.17) is 9.84 Å². The lowest BCUT2D eigenvalue weighted by Gasteiger charge is -2.30. The fourth-order valence-electron chi connectivity index (χ4n) is 1.89. The number of halogens is 2. The van der Waals surface area contributed by atoms with E-state index in [1.165, 1.54) is 0 Å². The molecule has 1 aliphatic rings. The minimum Gasteiger partial charge on any atom is -0.390 e. The highest BCUT2D eigenvalue weighted by molar-refractivity contribution is 4.80. The van der Waals surface area contributed by atoms with Crippen molar-refractivity contribution in [1.82, 2.24) is 5.32 Å². The van der Waals surface area contributed by atoms with E-state index in [-0.39, 0.29) is 12.1 Å². The second-order valence-corrected chi connectivity index (χ2v) is 4.12. The van der Waals surface area contributed by atoms with Gasteiger partial charge < -0.3 is 15.2 Å². The summed E-state index contributed by atoms with van der Waals surface area (Å²) in [4.78, 5) is 0. The maximum absolute atomic E-state index is 12.7. The third-order valence-electron chi connectivity index (χ3n) is 2.84. The standard InChI is InChI=1S/C10H19F2NO2/c1-15-9-4-2-3-8(5-9)13-6-10(11,12)7-14/h8-9,13-14H,2-7H2,1H3. The van der Waals surface area contributed by atoms with Crippen molar-refractivity contribution in [3.63, 3.8) is 0 Å². The predicted octanol–water partition coefficient (Wildman–Crippen LogP) is 1.16. The molecular formula is C10H19F2NO2. The summed E-state index contributed by atoms with van der Waals surface area (Å²) in [6.07, 6.45) is 3.87. The second kappa shape index (κ2) is 5.72. The molecule has 1 fully saturated rings. The van der Waals surface area contributed by atoms with Crippen molar-refractivity contribution in [2.24, 2.45) is 0 Å². The molecule has 0 aromatic heterocycles. The van der Waals surface area contributed by atoms with Gasteiger partial charge in [0.2, 0.25) is 0 Å². The van der Waals surface area contributed by atoms with Gasteiger partial charge in [-0.15, -0.1) is 0 Å². The quantitative estimate of drug-likeness (QED) is 0.735. The molecule has 1 rings (SSSR count). The van der Waals surface area contributed by atoms with Crippen molar-refractivity contribution in [1.29, 1.82) is 0 Å². The van der Waals surface area contributed by atoms with Gasteiger partial charge in [0.05, 0.1) is 12.6 Å². The van der Waals surface area contributed by atoms with Crippen LogP contribution in [0.5, 0.6) is 0 Å². The first-order valence-electron chi connectivity index (χ1n) is 5.32. The normalized spacial score (nSPS) is 28.0. The van der Waals surface area contributed by atoms with E-state index in [9.17, 15) is 8.78 Å². The van der Waals surface area contributed by atoms with E-state index >= 15 is 0 Å². The van der Waals surface area contributed by atoms with Crippen molar-refractivity contribution in [3.05, 3.63) is 0 Å².